The molecular formula is C16H15F2N5O2. The molecule has 3 heterocycles. The molecule has 9 heteroatoms. The van der Waals surface area contributed by atoms with Crippen LogP contribution in [0.3, 0.4) is 0 Å². The average Bonchev–Trinajstić information content (AvgIpc) is 3.17. The van der Waals surface area contributed by atoms with Crippen molar-refractivity contribution >= 4 is 22.6 Å². The zero-order valence-corrected chi connectivity index (χ0v) is 13.2. The number of ether oxygens (including phenoxy) is 1. The van der Waals surface area contributed by atoms with E-state index < -0.39 is 13.0 Å². The molecule has 1 aliphatic rings. The van der Waals surface area contributed by atoms with Gasteiger partial charge in [-0.3, -0.25) is 9.48 Å². The van der Waals surface area contributed by atoms with Crippen molar-refractivity contribution in [2.24, 2.45) is 0 Å². The fourth-order valence-corrected chi connectivity index (χ4v) is 2.94. The predicted molar refractivity (Wildman–Crippen MR) is 85.6 cm³/mol. The molecule has 0 atom stereocenters. The van der Waals surface area contributed by atoms with E-state index in [2.05, 4.69) is 15.4 Å². The number of aromatic nitrogens is 4. The minimum Gasteiger partial charge on any atom is -0.372 e. The highest BCUT2D eigenvalue weighted by Gasteiger charge is 2.21. The molecule has 0 radical (unpaired) electrons. The number of amides is 1. The summed E-state index contributed by atoms with van der Waals surface area (Å²) in [5.41, 5.74) is 0.938. The van der Waals surface area contributed by atoms with Crippen LogP contribution in [-0.4, -0.2) is 38.3 Å². The molecule has 1 N–H and O–H groups in total. The fourth-order valence-electron chi connectivity index (χ4n) is 2.94. The topological polar surface area (TPSA) is 74.0 Å². The zero-order valence-electron chi connectivity index (χ0n) is 13.2. The van der Waals surface area contributed by atoms with Gasteiger partial charge < -0.3 is 14.6 Å². The maximum Gasteiger partial charge on any atom is 0.275 e. The van der Waals surface area contributed by atoms with Gasteiger partial charge in [-0.05, 0) is 12.1 Å². The Bertz CT molecular complexity index is 934. The minimum atomic E-state index is -2.53. The number of imidazole rings is 1. The predicted octanol–water partition coefficient (Wildman–Crippen LogP) is 2.28. The Morgan fingerprint density at radius 1 is 1.36 bits per heavy atom. The van der Waals surface area contributed by atoms with Gasteiger partial charge in [-0.25, -0.2) is 13.8 Å². The van der Waals surface area contributed by atoms with Crippen LogP contribution in [0.5, 0.6) is 0 Å². The van der Waals surface area contributed by atoms with E-state index in [1.807, 2.05) is 0 Å². The van der Waals surface area contributed by atoms with Crippen molar-refractivity contribution < 1.29 is 18.3 Å². The molecule has 0 aliphatic carbocycles. The summed E-state index contributed by atoms with van der Waals surface area (Å²) < 4.78 is 33.8. The number of para-hydroxylation sites is 1. The van der Waals surface area contributed by atoms with Crippen molar-refractivity contribution in [3.05, 3.63) is 42.0 Å². The summed E-state index contributed by atoms with van der Waals surface area (Å²) in [6.45, 7) is 0.878. The first-order valence-corrected chi connectivity index (χ1v) is 7.80. The van der Waals surface area contributed by atoms with Gasteiger partial charge in [0.15, 0.2) is 5.82 Å². The van der Waals surface area contributed by atoms with Gasteiger partial charge in [0.05, 0.1) is 18.3 Å². The van der Waals surface area contributed by atoms with Gasteiger partial charge in [0.1, 0.15) is 24.7 Å². The maximum atomic E-state index is 12.8. The number of benzene rings is 1. The summed E-state index contributed by atoms with van der Waals surface area (Å²) in [6.07, 6.45) is -1.05. The van der Waals surface area contributed by atoms with Crippen molar-refractivity contribution in [2.45, 2.75) is 26.1 Å². The smallest absolute Gasteiger partial charge is 0.275 e. The highest BCUT2D eigenvalue weighted by molar-refractivity contribution is 6.07. The van der Waals surface area contributed by atoms with Crippen LogP contribution in [0.2, 0.25) is 0 Å². The van der Waals surface area contributed by atoms with Gasteiger partial charge in [-0.15, -0.1) is 0 Å². The first-order valence-electron chi connectivity index (χ1n) is 7.80. The molecule has 0 bridgehead atoms. The van der Waals surface area contributed by atoms with Gasteiger partial charge >= 0.3 is 0 Å². The lowest BCUT2D eigenvalue weighted by Gasteiger charge is -2.16. The number of hydrogen-bond donors (Lipinski definition) is 1. The highest BCUT2D eigenvalue weighted by Crippen LogP contribution is 2.24. The summed E-state index contributed by atoms with van der Waals surface area (Å²) in [7, 11) is 0. The van der Waals surface area contributed by atoms with Crippen molar-refractivity contribution in [3.63, 3.8) is 0 Å². The molecule has 1 aliphatic heterocycles. The molecule has 2 aromatic heterocycles. The van der Waals surface area contributed by atoms with Crippen molar-refractivity contribution in [1.82, 2.24) is 19.3 Å². The Hall–Kier alpha value is -2.81. The average molecular weight is 347 g/mol. The molecule has 0 fully saturated rings. The Labute approximate surface area is 141 Å². The Morgan fingerprint density at radius 3 is 3.04 bits per heavy atom. The van der Waals surface area contributed by atoms with Gasteiger partial charge in [0.2, 0.25) is 0 Å². The van der Waals surface area contributed by atoms with E-state index in [4.69, 9.17) is 4.74 Å². The van der Waals surface area contributed by atoms with Crippen LogP contribution in [0.15, 0.2) is 30.5 Å². The number of rotatable bonds is 4. The lowest BCUT2D eigenvalue weighted by Crippen LogP contribution is -2.23. The molecule has 25 heavy (non-hydrogen) atoms. The molecule has 1 amide bonds. The molecule has 0 saturated heterocycles. The molecule has 4 rings (SSSR count). The molecule has 1 aromatic carbocycles. The molecular weight excluding hydrogens is 332 g/mol. The van der Waals surface area contributed by atoms with Crippen molar-refractivity contribution in [3.8, 4) is 0 Å². The summed E-state index contributed by atoms with van der Waals surface area (Å²) >= 11 is 0. The third kappa shape index (κ3) is 2.86. The number of carbonyl (C=O) groups is 1. The molecule has 7 nitrogen and oxygen atoms in total. The minimum absolute atomic E-state index is 0.254. The van der Waals surface area contributed by atoms with E-state index in [1.54, 1.807) is 28.8 Å². The maximum absolute atomic E-state index is 12.8. The first-order chi connectivity index (χ1) is 12.1. The van der Waals surface area contributed by atoms with E-state index in [0.29, 0.717) is 42.2 Å². The third-order valence-electron chi connectivity index (χ3n) is 4.06. The first kappa shape index (κ1) is 15.7. The van der Waals surface area contributed by atoms with Crippen LogP contribution in [-0.2, 0) is 24.4 Å². The van der Waals surface area contributed by atoms with Gasteiger partial charge in [0.25, 0.3) is 12.3 Å². The number of nitrogens with one attached hydrogen (secondary N) is 1. The van der Waals surface area contributed by atoms with Crippen molar-refractivity contribution in [2.75, 3.05) is 11.9 Å². The van der Waals surface area contributed by atoms with Crippen LogP contribution in [0.1, 0.15) is 16.3 Å². The van der Waals surface area contributed by atoms with Crippen LogP contribution < -0.4 is 5.32 Å². The van der Waals surface area contributed by atoms with Gasteiger partial charge in [0, 0.05) is 11.9 Å². The summed E-state index contributed by atoms with van der Waals surface area (Å²) in [4.78, 5) is 16.8. The highest BCUT2D eigenvalue weighted by atomic mass is 19.3. The molecule has 0 saturated carbocycles. The van der Waals surface area contributed by atoms with Gasteiger partial charge in [-0.2, -0.15) is 5.10 Å². The van der Waals surface area contributed by atoms with E-state index >= 15 is 0 Å². The number of alkyl halides is 2. The molecule has 130 valence electrons. The normalized spacial score (nSPS) is 14.0. The van der Waals surface area contributed by atoms with E-state index in [-0.39, 0.29) is 11.7 Å². The van der Waals surface area contributed by atoms with Crippen LogP contribution in [0.25, 0.3) is 10.9 Å². The second-order valence-corrected chi connectivity index (χ2v) is 5.66. The number of fused-ring (bicyclic) bond motifs is 2. The number of halogens is 2. The molecule has 0 unspecified atom stereocenters. The van der Waals surface area contributed by atoms with Gasteiger partial charge in [-0.1, -0.05) is 12.1 Å². The Balaban J connectivity index is 1.66. The Kier molecular flexibility index (Phi) is 3.92. The molecule has 0 spiro atoms. The summed E-state index contributed by atoms with van der Waals surface area (Å²) in [5.74, 6) is 0.557. The van der Waals surface area contributed by atoms with E-state index in [1.165, 1.54) is 10.9 Å². The third-order valence-corrected chi connectivity index (χ3v) is 4.06. The SMILES string of the molecule is O=C(Nc1nn(CC(F)F)c2ccccc12)c1cnc2n1CCOC2. The molecule has 3 aromatic rings. The second kappa shape index (κ2) is 6.25. The Morgan fingerprint density at radius 2 is 2.20 bits per heavy atom. The summed E-state index contributed by atoms with van der Waals surface area (Å²) in [5, 5.41) is 7.46. The number of hydrogen-bond acceptors (Lipinski definition) is 4. The fraction of sp³-hybridized carbons (Fsp3) is 0.312. The van der Waals surface area contributed by atoms with Crippen LogP contribution in [0.4, 0.5) is 14.6 Å². The number of anilines is 1. The second-order valence-electron chi connectivity index (χ2n) is 5.66. The lowest BCUT2D eigenvalue weighted by molar-refractivity contribution is 0.0791. The summed E-state index contributed by atoms with van der Waals surface area (Å²) in [6, 6.07) is 6.94. The van der Waals surface area contributed by atoms with E-state index in [0.717, 1.165) is 0 Å². The standard InChI is InChI=1S/C16H15F2N5O2/c17-13(18)8-23-11-4-2-1-3-10(11)15(21-23)20-16(24)12-7-19-14-9-25-6-5-22(12)14/h1-4,7,13H,5-6,8-9H2,(H,20,21,24). The zero-order chi connectivity index (χ0) is 17.4. The monoisotopic (exact) mass is 347 g/mol. The van der Waals surface area contributed by atoms with E-state index in [9.17, 15) is 13.6 Å². The van der Waals surface area contributed by atoms with Crippen LogP contribution in [0, 0.1) is 0 Å². The number of carbonyl (C=O) groups excluding carboxylic acids is 1. The van der Waals surface area contributed by atoms with Crippen LogP contribution >= 0.6 is 0 Å². The largest absolute Gasteiger partial charge is 0.372 e. The quantitative estimate of drug-likeness (QED) is 0.786. The lowest BCUT2D eigenvalue weighted by atomic mass is 10.2. The number of nitrogens with zero attached hydrogens (tertiary/aromatic N) is 4. The van der Waals surface area contributed by atoms with Crippen molar-refractivity contribution in [1.29, 1.82) is 0 Å².